The van der Waals surface area contributed by atoms with Crippen molar-refractivity contribution in [2.45, 2.75) is 44.2 Å². The summed E-state index contributed by atoms with van der Waals surface area (Å²) in [6.07, 6.45) is 4.71. The molecule has 1 aliphatic heterocycles. The van der Waals surface area contributed by atoms with Crippen LogP contribution < -0.4 is 10.6 Å². The Morgan fingerprint density at radius 2 is 2.00 bits per heavy atom. The molecule has 1 saturated carbocycles. The molecule has 2 aliphatic rings. The van der Waals surface area contributed by atoms with Crippen LogP contribution in [0.3, 0.4) is 0 Å². The number of carbonyl (C=O) groups excluding carboxylic acids is 3. The molecule has 1 saturated heterocycles. The third kappa shape index (κ3) is 2.87. The number of likely N-dealkylation sites (tertiary alicyclic amines) is 1. The fourth-order valence-corrected chi connectivity index (χ4v) is 2.48. The van der Waals surface area contributed by atoms with Crippen LogP contribution in [0.1, 0.15) is 32.1 Å². The SMILES string of the molecule is CN1C(=O)CC(NC(=O)CNC2CCCC2)C1=O. The average molecular weight is 253 g/mol. The van der Waals surface area contributed by atoms with E-state index >= 15 is 0 Å². The van der Waals surface area contributed by atoms with E-state index in [1.807, 2.05) is 0 Å². The number of hydrogen-bond acceptors (Lipinski definition) is 4. The van der Waals surface area contributed by atoms with Crippen molar-refractivity contribution >= 4 is 17.7 Å². The van der Waals surface area contributed by atoms with Gasteiger partial charge in [-0.3, -0.25) is 19.3 Å². The number of hydrogen-bond donors (Lipinski definition) is 2. The fourth-order valence-electron chi connectivity index (χ4n) is 2.48. The van der Waals surface area contributed by atoms with Crippen LogP contribution in [-0.4, -0.2) is 48.3 Å². The van der Waals surface area contributed by atoms with Crippen molar-refractivity contribution in [2.24, 2.45) is 0 Å². The molecule has 6 heteroatoms. The predicted molar refractivity (Wildman–Crippen MR) is 64.6 cm³/mol. The van der Waals surface area contributed by atoms with Gasteiger partial charge in [-0.25, -0.2) is 0 Å². The maximum absolute atomic E-state index is 11.7. The molecule has 0 radical (unpaired) electrons. The van der Waals surface area contributed by atoms with Crippen LogP contribution in [0.15, 0.2) is 0 Å². The lowest BCUT2D eigenvalue weighted by molar-refractivity contribution is -0.138. The van der Waals surface area contributed by atoms with Gasteiger partial charge in [-0.05, 0) is 12.8 Å². The molecule has 2 rings (SSSR count). The zero-order chi connectivity index (χ0) is 13.1. The molecular weight excluding hydrogens is 234 g/mol. The molecule has 1 unspecified atom stereocenters. The van der Waals surface area contributed by atoms with Gasteiger partial charge in [-0.15, -0.1) is 0 Å². The lowest BCUT2D eigenvalue weighted by Crippen LogP contribution is -2.45. The highest BCUT2D eigenvalue weighted by Crippen LogP contribution is 2.17. The summed E-state index contributed by atoms with van der Waals surface area (Å²) in [5.74, 6) is -0.786. The van der Waals surface area contributed by atoms with E-state index in [4.69, 9.17) is 0 Å². The molecule has 2 fully saturated rings. The summed E-state index contributed by atoms with van der Waals surface area (Å²) in [4.78, 5) is 35.6. The van der Waals surface area contributed by atoms with Gasteiger partial charge in [0.15, 0.2) is 0 Å². The lowest BCUT2D eigenvalue weighted by Gasteiger charge is -2.14. The normalized spacial score (nSPS) is 24.9. The molecule has 6 nitrogen and oxygen atoms in total. The Morgan fingerprint density at radius 1 is 1.33 bits per heavy atom. The number of nitrogens with one attached hydrogen (secondary N) is 2. The highest BCUT2D eigenvalue weighted by molar-refractivity contribution is 6.06. The van der Waals surface area contributed by atoms with Gasteiger partial charge in [0.25, 0.3) is 5.91 Å². The van der Waals surface area contributed by atoms with Crippen molar-refractivity contribution < 1.29 is 14.4 Å². The van der Waals surface area contributed by atoms with Crippen molar-refractivity contribution in [3.8, 4) is 0 Å². The summed E-state index contributed by atoms with van der Waals surface area (Å²) in [6.45, 7) is 0.215. The van der Waals surface area contributed by atoms with Gasteiger partial charge in [-0.2, -0.15) is 0 Å². The summed E-state index contributed by atoms with van der Waals surface area (Å²) >= 11 is 0. The lowest BCUT2D eigenvalue weighted by atomic mass is 10.2. The molecular formula is C12H19N3O3. The Kier molecular flexibility index (Phi) is 3.96. The molecule has 0 aromatic heterocycles. The first kappa shape index (κ1) is 13.0. The number of likely N-dealkylation sites (N-methyl/N-ethyl adjacent to an activating group) is 1. The van der Waals surface area contributed by atoms with Crippen LogP contribution in [0.2, 0.25) is 0 Å². The van der Waals surface area contributed by atoms with Gasteiger partial charge in [0.05, 0.1) is 13.0 Å². The molecule has 2 N–H and O–H groups in total. The van der Waals surface area contributed by atoms with Crippen molar-refractivity contribution in [1.82, 2.24) is 15.5 Å². The van der Waals surface area contributed by atoms with Gasteiger partial charge in [0, 0.05) is 13.1 Å². The zero-order valence-electron chi connectivity index (χ0n) is 10.6. The standard InChI is InChI=1S/C12H19N3O3/c1-15-11(17)6-9(12(15)18)14-10(16)7-13-8-4-2-3-5-8/h8-9,13H,2-7H2,1H3,(H,14,16). The Bertz CT molecular complexity index is 364. The Labute approximate surface area is 106 Å². The van der Waals surface area contributed by atoms with E-state index in [9.17, 15) is 14.4 Å². The molecule has 0 spiro atoms. The van der Waals surface area contributed by atoms with E-state index < -0.39 is 6.04 Å². The van der Waals surface area contributed by atoms with Crippen molar-refractivity contribution in [2.75, 3.05) is 13.6 Å². The van der Waals surface area contributed by atoms with Gasteiger partial charge in [-0.1, -0.05) is 12.8 Å². The second-order valence-corrected chi connectivity index (χ2v) is 4.98. The summed E-state index contributed by atoms with van der Waals surface area (Å²) in [5.41, 5.74) is 0. The first-order chi connectivity index (χ1) is 8.58. The van der Waals surface area contributed by atoms with Crippen LogP contribution in [0.4, 0.5) is 0 Å². The van der Waals surface area contributed by atoms with Gasteiger partial charge in [0.2, 0.25) is 11.8 Å². The highest BCUT2D eigenvalue weighted by atomic mass is 16.2. The fraction of sp³-hybridized carbons (Fsp3) is 0.750. The third-order valence-electron chi connectivity index (χ3n) is 3.62. The molecule has 0 bridgehead atoms. The molecule has 1 aliphatic carbocycles. The summed E-state index contributed by atoms with van der Waals surface area (Å²) in [5, 5.41) is 5.77. The second kappa shape index (κ2) is 5.48. The molecule has 1 heterocycles. The quantitative estimate of drug-likeness (QED) is 0.655. The van der Waals surface area contributed by atoms with Crippen LogP contribution in [-0.2, 0) is 14.4 Å². The van der Waals surface area contributed by atoms with E-state index in [0.29, 0.717) is 6.04 Å². The van der Waals surface area contributed by atoms with Gasteiger partial charge in [0.1, 0.15) is 6.04 Å². The van der Waals surface area contributed by atoms with Crippen molar-refractivity contribution in [1.29, 1.82) is 0 Å². The monoisotopic (exact) mass is 253 g/mol. The molecule has 0 aromatic carbocycles. The van der Waals surface area contributed by atoms with E-state index in [0.717, 1.165) is 17.7 Å². The second-order valence-electron chi connectivity index (χ2n) is 4.98. The molecule has 1 atom stereocenters. The zero-order valence-corrected chi connectivity index (χ0v) is 10.6. The molecule has 100 valence electrons. The summed E-state index contributed by atoms with van der Waals surface area (Å²) in [7, 11) is 1.44. The Morgan fingerprint density at radius 3 is 2.56 bits per heavy atom. The number of nitrogens with zero attached hydrogens (tertiary/aromatic N) is 1. The minimum Gasteiger partial charge on any atom is -0.343 e. The average Bonchev–Trinajstić information content (AvgIpc) is 2.93. The minimum atomic E-state index is -0.680. The molecule has 0 aromatic rings. The van der Waals surface area contributed by atoms with Gasteiger partial charge >= 0.3 is 0 Å². The number of imide groups is 1. The van der Waals surface area contributed by atoms with E-state index in [-0.39, 0.29) is 30.7 Å². The molecule has 18 heavy (non-hydrogen) atoms. The molecule has 3 amide bonds. The topological polar surface area (TPSA) is 78.5 Å². The largest absolute Gasteiger partial charge is 0.343 e. The summed E-state index contributed by atoms with van der Waals surface area (Å²) in [6, 6.07) is -0.264. The van der Waals surface area contributed by atoms with Crippen LogP contribution in [0.25, 0.3) is 0 Å². The first-order valence-corrected chi connectivity index (χ1v) is 6.41. The third-order valence-corrected chi connectivity index (χ3v) is 3.62. The van der Waals surface area contributed by atoms with E-state index in [1.165, 1.54) is 19.9 Å². The van der Waals surface area contributed by atoms with Crippen molar-refractivity contribution in [3.63, 3.8) is 0 Å². The van der Waals surface area contributed by atoms with Gasteiger partial charge < -0.3 is 10.6 Å². The Balaban J connectivity index is 1.74. The smallest absolute Gasteiger partial charge is 0.252 e. The first-order valence-electron chi connectivity index (χ1n) is 6.41. The highest BCUT2D eigenvalue weighted by Gasteiger charge is 2.36. The number of rotatable bonds is 4. The maximum atomic E-state index is 11.7. The number of carbonyl (C=O) groups is 3. The van der Waals surface area contributed by atoms with Crippen LogP contribution in [0, 0.1) is 0 Å². The summed E-state index contributed by atoms with van der Waals surface area (Å²) < 4.78 is 0. The van der Waals surface area contributed by atoms with E-state index in [1.54, 1.807) is 0 Å². The van der Waals surface area contributed by atoms with Crippen LogP contribution >= 0.6 is 0 Å². The number of amides is 3. The Hall–Kier alpha value is -1.43. The predicted octanol–water partition coefficient (Wildman–Crippen LogP) is -0.608. The maximum Gasteiger partial charge on any atom is 0.252 e. The van der Waals surface area contributed by atoms with Crippen molar-refractivity contribution in [3.05, 3.63) is 0 Å². The van der Waals surface area contributed by atoms with E-state index in [2.05, 4.69) is 10.6 Å². The van der Waals surface area contributed by atoms with Crippen LogP contribution in [0.5, 0.6) is 0 Å². The minimum absolute atomic E-state index is 0.0739.